The zero-order valence-corrected chi connectivity index (χ0v) is 14.2. The summed E-state index contributed by atoms with van der Waals surface area (Å²) in [7, 11) is 3.45. The van der Waals surface area contributed by atoms with Gasteiger partial charge in [-0.05, 0) is 13.8 Å². The summed E-state index contributed by atoms with van der Waals surface area (Å²) in [5, 5.41) is 0. The van der Waals surface area contributed by atoms with Gasteiger partial charge in [-0.1, -0.05) is 58.0 Å². The van der Waals surface area contributed by atoms with Gasteiger partial charge in [0.15, 0.2) is 12.8 Å². The lowest BCUT2D eigenvalue weighted by Gasteiger charge is -1.98. The minimum Gasteiger partial charge on any atom is -0.447 e. The molecule has 0 unspecified atom stereocenters. The minimum atomic E-state index is 0.823. The van der Waals surface area contributed by atoms with E-state index in [1.54, 1.807) is 21.6 Å². The van der Waals surface area contributed by atoms with Gasteiger partial charge >= 0.3 is 0 Å². The Balaban J connectivity index is 0.000000246. The second-order valence-electron chi connectivity index (χ2n) is 4.40. The topological polar surface area (TPSA) is 52.1 Å². The van der Waals surface area contributed by atoms with Gasteiger partial charge in [0.1, 0.15) is 11.5 Å². The molecule has 0 aliphatic heterocycles. The number of benzene rings is 1. The Morgan fingerprint density at radius 1 is 0.727 bits per heavy atom. The fourth-order valence-corrected chi connectivity index (χ4v) is 3.58. The van der Waals surface area contributed by atoms with Crippen molar-refractivity contribution in [2.24, 2.45) is 0 Å². The maximum absolute atomic E-state index is 5.24. The van der Waals surface area contributed by atoms with Crippen molar-refractivity contribution >= 4 is 21.6 Å². The van der Waals surface area contributed by atoms with Crippen molar-refractivity contribution in [2.45, 2.75) is 25.4 Å². The fraction of sp³-hybridized carbons (Fsp3) is 0.250. The molecule has 0 fully saturated rings. The van der Waals surface area contributed by atoms with Crippen molar-refractivity contribution in [1.29, 1.82) is 0 Å². The first-order chi connectivity index (χ1) is 10.8. The summed E-state index contributed by atoms with van der Waals surface area (Å²) < 4.78 is 10.5. The highest BCUT2D eigenvalue weighted by Crippen LogP contribution is 2.30. The third kappa shape index (κ3) is 5.61. The van der Waals surface area contributed by atoms with Gasteiger partial charge in [-0.25, -0.2) is 9.97 Å². The van der Waals surface area contributed by atoms with Gasteiger partial charge in [0, 0.05) is 0 Å². The van der Waals surface area contributed by atoms with E-state index in [0.29, 0.717) is 0 Å². The Labute approximate surface area is 138 Å². The Bertz CT molecular complexity index is 584. The van der Waals surface area contributed by atoms with E-state index in [4.69, 9.17) is 8.83 Å². The molecule has 0 radical (unpaired) electrons. The Morgan fingerprint density at radius 2 is 1.09 bits per heavy atom. The molecule has 0 amide bonds. The van der Waals surface area contributed by atoms with Crippen LogP contribution >= 0.6 is 21.6 Å². The highest BCUT2D eigenvalue weighted by molar-refractivity contribution is 8.76. The molecule has 2 aromatic heterocycles. The summed E-state index contributed by atoms with van der Waals surface area (Å²) in [5.74, 6) is 3.52. The fourth-order valence-electron chi connectivity index (χ4n) is 1.50. The average Bonchev–Trinajstić information content (AvgIpc) is 3.15. The molecule has 4 nitrogen and oxygen atoms in total. The van der Waals surface area contributed by atoms with Crippen molar-refractivity contribution in [3.63, 3.8) is 0 Å². The normalized spacial score (nSPS) is 10.1. The predicted molar refractivity (Wildman–Crippen MR) is 91.5 cm³/mol. The Morgan fingerprint density at radius 3 is 1.36 bits per heavy atom. The van der Waals surface area contributed by atoms with Crippen LogP contribution in [0, 0.1) is 13.8 Å². The maximum Gasteiger partial charge on any atom is 0.181 e. The van der Waals surface area contributed by atoms with Gasteiger partial charge in [0.2, 0.25) is 0 Å². The third-order valence-corrected chi connectivity index (χ3v) is 4.95. The second kappa shape index (κ2) is 9.38. The summed E-state index contributed by atoms with van der Waals surface area (Å²) in [6.45, 7) is 3.90. The first-order valence-electron chi connectivity index (χ1n) is 6.79. The summed E-state index contributed by atoms with van der Waals surface area (Å²) in [5.41, 5.74) is 1.92. The van der Waals surface area contributed by atoms with Crippen molar-refractivity contribution in [3.05, 3.63) is 72.1 Å². The van der Waals surface area contributed by atoms with Crippen LogP contribution in [0.15, 0.2) is 58.0 Å². The lowest BCUT2D eigenvalue weighted by atomic mass is 10.4. The largest absolute Gasteiger partial charge is 0.447 e. The number of rotatable bonds is 5. The highest BCUT2D eigenvalue weighted by atomic mass is 33.1. The lowest BCUT2D eigenvalue weighted by Crippen LogP contribution is -1.81. The van der Waals surface area contributed by atoms with Gasteiger partial charge in [-0.2, -0.15) is 0 Å². The van der Waals surface area contributed by atoms with Crippen LogP contribution in [0.5, 0.6) is 0 Å². The van der Waals surface area contributed by atoms with E-state index in [-0.39, 0.29) is 0 Å². The molecule has 2 heterocycles. The molecule has 116 valence electrons. The number of oxazole rings is 2. The van der Waals surface area contributed by atoms with E-state index >= 15 is 0 Å². The SMILES string of the molecule is Cc1ncoc1CSSCc1ocnc1C.c1ccccc1. The molecule has 6 heteroatoms. The predicted octanol–water partition coefficient (Wildman–Crippen LogP) is 5.05. The van der Waals surface area contributed by atoms with Crippen molar-refractivity contribution in [1.82, 2.24) is 9.97 Å². The molecule has 0 saturated heterocycles. The van der Waals surface area contributed by atoms with Crippen LogP contribution in [0.4, 0.5) is 0 Å². The van der Waals surface area contributed by atoms with Crippen LogP contribution in [0.2, 0.25) is 0 Å². The monoisotopic (exact) mass is 334 g/mol. The highest BCUT2D eigenvalue weighted by Gasteiger charge is 2.06. The average molecular weight is 334 g/mol. The second-order valence-corrected chi connectivity index (χ2v) is 6.86. The minimum absolute atomic E-state index is 0.823. The van der Waals surface area contributed by atoms with Gasteiger partial charge < -0.3 is 8.83 Å². The third-order valence-electron chi connectivity index (χ3n) is 2.82. The number of hydrogen-bond donors (Lipinski definition) is 0. The molecule has 0 saturated carbocycles. The molecule has 0 aliphatic carbocycles. The van der Waals surface area contributed by atoms with E-state index in [9.17, 15) is 0 Å². The van der Waals surface area contributed by atoms with E-state index < -0.39 is 0 Å². The maximum atomic E-state index is 5.24. The smallest absolute Gasteiger partial charge is 0.181 e. The molecule has 0 atom stereocenters. The molecular formula is C16H18N2O2S2. The standard InChI is InChI=1S/C10H12N2O2S2.C6H6/c1-7-9(13-5-11-7)3-15-16-4-10-8(2)12-6-14-10;1-2-4-6-5-3-1/h5-6H,3-4H2,1-2H3;1-6H. The van der Waals surface area contributed by atoms with Crippen LogP contribution in [0.3, 0.4) is 0 Å². The summed E-state index contributed by atoms with van der Waals surface area (Å²) in [6, 6.07) is 12.0. The van der Waals surface area contributed by atoms with Crippen molar-refractivity contribution < 1.29 is 8.83 Å². The van der Waals surface area contributed by atoms with Crippen LogP contribution in [-0.2, 0) is 11.5 Å². The summed E-state index contributed by atoms with van der Waals surface area (Å²) in [6.07, 6.45) is 2.97. The van der Waals surface area contributed by atoms with Gasteiger partial charge in [-0.15, -0.1) is 0 Å². The number of nitrogens with zero attached hydrogens (tertiary/aromatic N) is 2. The molecular weight excluding hydrogens is 316 g/mol. The van der Waals surface area contributed by atoms with Crippen LogP contribution in [0.25, 0.3) is 0 Å². The summed E-state index contributed by atoms with van der Waals surface area (Å²) in [4.78, 5) is 8.08. The molecule has 0 aliphatic rings. The number of hydrogen-bond acceptors (Lipinski definition) is 6. The first kappa shape index (κ1) is 16.7. The van der Waals surface area contributed by atoms with Crippen molar-refractivity contribution in [2.75, 3.05) is 0 Å². The first-order valence-corrected chi connectivity index (χ1v) is 9.28. The van der Waals surface area contributed by atoms with E-state index in [1.807, 2.05) is 50.2 Å². The lowest BCUT2D eigenvalue weighted by molar-refractivity contribution is 0.521. The van der Waals surface area contributed by atoms with Gasteiger partial charge in [-0.3, -0.25) is 0 Å². The molecule has 22 heavy (non-hydrogen) atoms. The molecule has 0 bridgehead atoms. The molecule has 3 rings (SSSR count). The number of aryl methyl sites for hydroxylation is 2. The number of aromatic nitrogens is 2. The van der Waals surface area contributed by atoms with Gasteiger partial charge in [0.05, 0.1) is 22.9 Å². The summed E-state index contributed by atoms with van der Waals surface area (Å²) >= 11 is 0. The van der Waals surface area contributed by atoms with E-state index in [1.165, 1.54) is 12.8 Å². The zero-order valence-electron chi connectivity index (χ0n) is 12.6. The van der Waals surface area contributed by atoms with Gasteiger partial charge in [0.25, 0.3) is 0 Å². The molecule has 1 aromatic carbocycles. The van der Waals surface area contributed by atoms with Crippen molar-refractivity contribution in [3.8, 4) is 0 Å². The quantitative estimate of drug-likeness (QED) is 0.481. The molecule has 3 aromatic rings. The Kier molecular flexibility index (Phi) is 7.12. The molecule has 0 N–H and O–H groups in total. The van der Waals surface area contributed by atoms with E-state index in [0.717, 1.165) is 34.4 Å². The zero-order chi connectivity index (χ0) is 15.6. The van der Waals surface area contributed by atoms with E-state index in [2.05, 4.69) is 9.97 Å². The van der Waals surface area contributed by atoms with Crippen LogP contribution in [0.1, 0.15) is 22.9 Å². The Hall–Kier alpha value is -1.66. The van der Waals surface area contributed by atoms with Crippen LogP contribution < -0.4 is 0 Å². The van der Waals surface area contributed by atoms with Crippen LogP contribution in [-0.4, -0.2) is 9.97 Å². The molecule has 0 spiro atoms.